The molecule has 0 aliphatic heterocycles. The van der Waals surface area contributed by atoms with Gasteiger partial charge in [-0.3, -0.25) is 9.97 Å². The number of thiophene rings is 3. The van der Waals surface area contributed by atoms with Crippen LogP contribution < -0.4 is 0 Å². The lowest BCUT2D eigenvalue weighted by Crippen LogP contribution is -1.73. The Morgan fingerprint density at radius 2 is 0.806 bits per heavy atom. The van der Waals surface area contributed by atoms with E-state index in [0.717, 1.165) is 20.9 Å². The van der Waals surface area contributed by atoms with E-state index in [0.29, 0.717) is 0 Å². The van der Waals surface area contributed by atoms with E-state index in [2.05, 4.69) is 70.0 Å². The van der Waals surface area contributed by atoms with E-state index in [9.17, 15) is 0 Å². The monoisotopic (exact) mass is 450 g/mol. The molecule has 0 N–H and O–H groups in total. The average molecular weight is 451 g/mol. The van der Waals surface area contributed by atoms with Crippen molar-refractivity contribution in [1.29, 1.82) is 0 Å². The van der Waals surface area contributed by atoms with Gasteiger partial charge < -0.3 is 0 Å². The second-order valence-corrected chi connectivity index (χ2v) is 9.71. The molecule has 31 heavy (non-hydrogen) atoms. The van der Waals surface area contributed by atoms with E-state index in [1.54, 1.807) is 58.8 Å². The molecule has 0 aromatic carbocycles. The molecule has 5 aromatic rings. The predicted molar refractivity (Wildman–Crippen MR) is 131 cm³/mol. The highest BCUT2D eigenvalue weighted by Gasteiger charge is 2.09. The zero-order chi connectivity index (χ0) is 20.9. The number of hydrogen-bond acceptors (Lipinski definition) is 5. The minimum atomic E-state index is 0.976. The van der Waals surface area contributed by atoms with Gasteiger partial charge in [-0.05, 0) is 60.7 Å². The first-order valence-electron chi connectivity index (χ1n) is 9.48. The van der Waals surface area contributed by atoms with Crippen molar-refractivity contribution in [3.05, 3.63) is 106 Å². The SMILES string of the molecule is C(#Cc1ccc(-c2ccc(-c3ccc(C#Cc4ccncc4)s3)s2)s1)c1ccncc1. The summed E-state index contributed by atoms with van der Waals surface area (Å²) in [6, 6.07) is 20.5. The quantitative estimate of drug-likeness (QED) is 0.277. The molecule has 0 aliphatic rings. The second-order valence-electron chi connectivity index (χ2n) is 6.46. The third-order valence-electron chi connectivity index (χ3n) is 4.32. The minimum absolute atomic E-state index is 0.976. The number of pyridine rings is 2. The Bertz CT molecular complexity index is 1330. The summed E-state index contributed by atoms with van der Waals surface area (Å²) in [5, 5.41) is 0. The Balaban J connectivity index is 1.32. The summed E-state index contributed by atoms with van der Waals surface area (Å²) in [7, 11) is 0. The number of aromatic nitrogens is 2. The first-order chi connectivity index (χ1) is 15.3. The highest BCUT2D eigenvalue weighted by molar-refractivity contribution is 7.26. The summed E-state index contributed by atoms with van der Waals surface area (Å²) in [5.41, 5.74) is 1.95. The molecule has 5 rings (SSSR count). The molecular formula is C26H14N2S3. The molecule has 0 unspecified atom stereocenters. The zero-order valence-corrected chi connectivity index (χ0v) is 18.7. The summed E-state index contributed by atoms with van der Waals surface area (Å²) >= 11 is 5.25. The summed E-state index contributed by atoms with van der Waals surface area (Å²) < 4.78 is 0. The molecule has 0 radical (unpaired) electrons. The third kappa shape index (κ3) is 4.82. The van der Waals surface area contributed by atoms with Crippen LogP contribution in [0.4, 0.5) is 0 Å². The Morgan fingerprint density at radius 3 is 1.26 bits per heavy atom. The van der Waals surface area contributed by atoms with E-state index in [-0.39, 0.29) is 0 Å². The largest absolute Gasteiger partial charge is 0.265 e. The van der Waals surface area contributed by atoms with Crippen LogP contribution >= 0.6 is 34.0 Å². The highest BCUT2D eigenvalue weighted by atomic mass is 32.1. The summed E-state index contributed by atoms with van der Waals surface area (Å²) in [5.74, 6) is 12.9. The van der Waals surface area contributed by atoms with Crippen molar-refractivity contribution in [1.82, 2.24) is 9.97 Å². The lowest BCUT2D eigenvalue weighted by atomic mass is 10.3. The Labute approximate surface area is 192 Å². The van der Waals surface area contributed by atoms with Gasteiger partial charge in [-0.15, -0.1) is 34.0 Å². The van der Waals surface area contributed by atoms with Crippen molar-refractivity contribution in [3.8, 4) is 43.2 Å². The molecule has 0 bridgehead atoms. The van der Waals surface area contributed by atoms with Gasteiger partial charge in [0.2, 0.25) is 0 Å². The van der Waals surface area contributed by atoms with Crippen LogP contribution in [0.25, 0.3) is 19.5 Å². The molecule has 0 aliphatic carbocycles. The number of rotatable bonds is 2. The van der Waals surface area contributed by atoms with Crippen LogP contribution in [0.2, 0.25) is 0 Å². The lowest BCUT2D eigenvalue weighted by molar-refractivity contribution is 1.32. The maximum Gasteiger partial charge on any atom is 0.0779 e. The lowest BCUT2D eigenvalue weighted by Gasteiger charge is -1.90. The highest BCUT2D eigenvalue weighted by Crippen LogP contribution is 2.39. The van der Waals surface area contributed by atoms with Crippen LogP contribution in [-0.2, 0) is 0 Å². The smallest absolute Gasteiger partial charge is 0.0779 e. The van der Waals surface area contributed by atoms with Crippen LogP contribution in [0.1, 0.15) is 20.9 Å². The maximum absolute atomic E-state index is 4.02. The van der Waals surface area contributed by atoms with E-state index < -0.39 is 0 Å². The van der Waals surface area contributed by atoms with Crippen molar-refractivity contribution in [2.24, 2.45) is 0 Å². The van der Waals surface area contributed by atoms with Crippen molar-refractivity contribution in [2.45, 2.75) is 0 Å². The van der Waals surface area contributed by atoms with E-state index in [4.69, 9.17) is 0 Å². The molecule has 0 atom stereocenters. The first kappa shape index (κ1) is 19.5. The van der Waals surface area contributed by atoms with Crippen LogP contribution in [0, 0.1) is 23.7 Å². The van der Waals surface area contributed by atoms with Gasteiger partial charge in [0, 0.05) is 55.4 Å². The molecule has 5 heteroatoms. The van der Waals surface area contributed by atoms with Gasteiger partial charge in [0.15, 0.2) is 0 Å². The van der Waals surface area contributed by atoms with Gasteiger partial charge in [-0.2, -0.15) is 0 Å². The van der Waals surface area contributed by atoms with Gasteiger partial charge in [0.05, 0.1) is 9.75 Å². The fraction of sp³-hybridized carbons (Fsp3) is 0. The first-order valence-corrected chi connectivity index (χ1v) is 11.9. The summed E-state index contributed by atoms with van der Waals surface area (Å²) in [6.45, 7) is 0. The van der Waals surface area contributed by atoms with Crippen LogP contribution in [0.5, 0.6) is 0 Å². The standard InChI is InChI=1S/C26H14N2S3/c1(19-11-15-27-16-12-19)3-21-5-7-23(29-21)25-9-10-26(31-25)24-8-6-22(30-24)4-2-20-13-17-28-18-14-20/h5-18H. The van der Waals surface area contributed by atoms with Crippen molar-refractivity contribution in [2.75, 3.05) is 0 Å². The van der Waals surface area contributed by atoms with Gasteiger partial charge in [-0.1, -0.05) is 23.7 Å². The van der Waals surface area contributed by atoms with Crippen LogP contribution in [0.15, 0.2) is 85.5 Å². The molecule has 2 nitrogen and oxygen atoms in total. The average Bonchev–Trinajstić information content (AvgIpc) is 3.58. The molecule has 0 saturated heterocycles. The summed E-state index contributed by atoms with van der Waals surface area (Å²) in [4.78, 5) is 15.2. The Morgan fingerprint density at radius 1 is 0.419 bits per heavy atom. The second kappa shape index (κ2) is 9.12. The van der Waals surface area contributed by atoms with Crippen LogP contribution in [-0.4, -0.2) is 9.97 Å². The van der Waals surface area contributed by atoms with Gasteiger partial charge in [0.25, 0.3) is 0 Å². The fourth-order valence-corrected chi connectivity index (χ4v) is 5.72. The van der Waals surface area contributed by atoms with Crippen molar-refractivity contribution >= 4 is 34.0 Å². The molecule has 5 heterocycles. The fourth-order valence-electron chi connectivity index (χ4n) is 2.82. The number of hydrogen-bond donors (Lipinski definition) is 0. The van der Waals surface area contributed by atoms with E-state index >= 15 is 0 Å². The molecule has 0 fully saturated rings. The predicted octanol–water partition coefficient (Wildman–Crippen LogP) is 6.79. The third-order valence-corrected chi connectivity index (χ3v) is 7.80. The number of nitrogens with zero attached hydrogens (tertiary/aromatic N) is 2. The zero-order valence-electron chi connectivity index (χ0n) is 16.2. The maximum atomic E-state index is 4.02. The van der Waals surface area contributed by atoms with Crippen molar-refractivity contribution < 1.29 is 0 Å². The summed E-state index contributed by atoms with van der Waals surface area (Å²) in [6.07, 6.45) is 7.05. The minimum Gasteiger partial charge on any atom is -0.265 e. The van der Waals surface area contributed by atoms with Gasteiger partial charge in [-0.25, -0.2) is 0 Å². The molecule has 146 valence electrons. The topological polar surface area (TPSA) is 25.8 Å². The molecule has 5 aromatic heterocycles. The Hall–Kier alpha value is -3.48. The normalized spacial score (nSPS) is 10.1. The Kier molecular flexibility index (Phi) is 5.73. The van der Waals surface area contributed by atoms with Gasteiger partial charge >= 0.3 is 0 Å². The van der Waals surface area contributed by atoms with Gasteiger partial charge in [0.1, 0.15) is 0 Å². The molecular weight excluding hydrogens is 437 g/mol. The molecule has 0 spiro atoms. The molecule has 0 amide bonds. The van der Waals surface area contributed by atoms with Crippen LogP contribution in [0.3, 0.4) is 0 Å². The molecule has 0 saturated carbocycles. The van der Waals surface area contributed by atoms with E-state index in [1.807, 2.05) is 24.3 Å². The van der Waals surface area contributed by atoms with Crippen molar-refractivity contribution in [3.63, 3.8) is 0 Å². The van der Waals surface area contributed by atoms with E-state index in [1.165, 1.54) is 19.5 Å².